The number of hydrogen-bond donors (Lipinski definition) is 0. The Morgan fingerprint density at radius 2 is 1.65 bits per heavy atom. The molecule has 5 nitrogen and oxygen atoms in total. The molecule has 1 aromatic carbocycles. The van der Waals surface area contributed by atoms with Gasteiger partial charge in [0.1, 0.15) is 16.5 Å². The van der Waals surface area contributed by atoms with Gasteiger partial charge < -0.3 is 9.80 Å². The van der Waals surface area contributed by atoms with Gasteiger partial charge in [0, 0.05) is 26.2 Å². The summed E-state index contributed by atoms with van der Waals surface area (Å²) in [5.74, 6) is -1.43. The molecule has 7 heteroatoms. The molecule has 1 aromatic rings. The highest BCUT2D eigenvalue weighted by Crippen LogP contribution is 2.31. The molecule has 0 atom stereocenters. The van der Waals surface area contributed by atoms with E-state index >= 15 is 0 Å². The molecule has 0 aromatic heterocycles. The summed E-state index contributed by atoms with van der Waals surface area (Å²) in [5, 5.41) is -0.0655. The SMILES string of the molecule is CCN1CCN(C2=C(Cl)C(=O)N(c3ccc(F)cc3)C2=O)CC1. The molecule has 0 unspecified atom stereocenters. The predicted octanol–water partition coefficient (Wildman–Crippen LogP) is 1.79. The van der Waals surface area contributed by atoms with Gasteiger partial charge in [0.05, 0.1) is 5.69 Å². The molecule has 122 valence electrons. The van der Waals surface area contributed by atoms with E-state index in [0.29, 0.717) is 18.8 Å². The van der Waals surface area contributed by atoms with Gasteiger partial charge in [-0.25, -0.2) is 9.29 Å². The van der Waals surface area contributed by atoms with Gasteiger partial charge in [-0.2, -0.15) is 0 Å². The first kappa shape index (κ1) is 16.0. The lowest BCUT2D eigenvalue weighted by molar-refractivity contribution is -0.121. The molecule has 2 amide bonds. The molecule has 0 aliphatic carbocycles. The second-order valence-electron chi connectivity index (χ2n) is 5.51. The lowest BCUT2D eigenvalue weighted by Crippen LogP contribution is -2.47. The zero-order valence-corrected chi connectivity index (χ0v) is 13.5. The van der Waals surface area contributed by atoms with E-state index < -0.39 is 17.6 Å². The van der Waals surface area contributed by atoms with Crippen molar-refractivity contribution in [3.63, 3.8) is 0 Å². The molecule has 0 radical (unpaired) electrons. The zero-order chi connectivity index (χ0) is 16.6. The molecular formula is C16H17ClFN3O2. The zero-order valence-electron chi connectivity index (χ0n) is 12.8. The molecule has 0 spiro atoms. The van der Waals surface area contributed by atoms with Gasteiger partial charge in [0.2, 0.25) is 0 Å². The van der Waals surface area contributed by atoms with Crippen molar-refractivity contribution in [1.29, 1.82) is 0 Å². The van der Waals surface area contributed by atoms with Crippen LogP contribution in [0.5, 0.6) is 0 Å². The quantitative estimate of drug-likeness (QED) is 0.789. The number of imide groups is 1. The first-order chi connectivity index (χ1) is 11.0. The summed E-state index contributed by atoms with van der Waals surface area (Å²) in [6.45, 7) is 5.98. The van der Waals surface area contributed by atoms with E-state index in [2.05, 4.69) is 11.8 Å². The Morgan fingerprint density at radius 3 is 2.22 bits per heavy atom. The summed E-state index contributed by atoms with van der Waals surface area (Å²) in [5.41, 5.74) is 0.568. The largest absolute Gasteiger partial charge is 0.363 e. The van der Waals surface area contributed by atoms with E-state index in [1.165, 1.54) is 24.3 Å². The molecule has 1 fully saturated rings. The van der Waals surface area contributed by atoms with Crippen LogP contribution >= 0.6 is 11.6 Å². The van der Waals surface area contributed by atoms with Gasteiger partial charge in [0.15, 0.2) is 0 Å². The number of likely N-dealkylation sites (N-methyl/N-ethyl adjacent to an activating group) is 1. The van der Waals surface area contributed by atoms with E-state index in [-0.39, 0.29) is 10.7 Å². The van der Waals surface area contributed by atoms with E-state index in [9.17, 15) is 14.0 Å². The summed E-state index contributed by atoms with van der Waals surface area (Å²) < 4.78 is 13.0. The molecule has 2 aliphatic heterocycles. The van der Waals surface area contributed by atoms with Crippen LogP contribution in [0, 0.1) is 5.82 Å². The van der Waals surface area contributed by atoms with Crippen LogP contribution in [0.1, 0.15) is 6.92 Å². The second kappa shape index (κ2) is 6.29. The number of halogens is 2. The monoisotopic (exact) mass is 337 g/mol. The van der Waals surface area contributed by atoms with Crippen LogP contribution < -0.4 is 4.90 Å². The number of carbonyl (C=O) groups excluding carboxylic acids is 2. The van der Waals surface area contributed by atoms with Crippen LogP contribution in [0.3, 0.4) is 0 Å². The normalized spacial score (nSPS) is 20.0. The van der Waals surface area contributed by atoms with Gasteiger partial charge in [-0.1, -0.05) is 18.5 Å². The number of rotatable bonds is 3. The third kappa shape index (κ3) is 2.84. The maximum absolute atomic E-state index is 13.0. The lowest BCUT2D eigenvalue weighted by atomic mass is 10.2. The van der Waals surface area contributed by atoms with Crippen molar-refractivity contribution < 1.29 is 14.0 Å². The Kier molecular flexibility index (Phi) is 4.37. The molecule has 1 saturated heterocycles. The maximum Gasteiger partial charge on any atom is 0.283 e. The summed E-state index contributed by atoms with van der Waals surface area (Å²) in [7, 11) is 0. The topological polar surface area (TPSA) is 43.9 Å². The lowest BCUT2D eigenvalue weighted by Gasteiger charge is -2.35. The van der Waals surface area contributed by atoms with Crippen molar-refractivity contribution >= 4 is 29.1 Å². The molecule has 0 saturated carbocycles. The van der Waals surface area contributed by atoms with Crippen molar-refractivity contribution in [2.45, 2.75) is 6.92 Å². The molecular weight excluding hydrogens is 321 g/mol. The minimum absolute atomic E-state index is 0.0655. The van der Waals surface area contributed by atoms with E-state index in [1.807, 2.05) is 4.90 Å². The van der Waals surface area contributed by atoms with Crippen LogP contribution in [0.15, 0.2) is 35.0 Å². The fourth-order valence-corrected chi connectivity index (χ4v) is 3.16. The smallest absolute Gasteiger partial charge is 0.283 e. The molecule has 23 heavy (non-hydrogen) atoms. The third-order valence-electron chi connectivity index (χ3n) is 4.22. The standard InChI is InChI=1S/C16H17ClFN3O2/c1-2-19-7-9-20(10-8-19)14-13(17)15(22)21(16(14)23)12-5-3-11(18)4-6-12/h3-6H,2,7-10H2,1H3. The van der Waals surface area contributed by atoms with Crippen molar-refractivity contribution in [2.75, 3.05) is 37.6 Å². The summed E-state index contributed by atoms with van der Waals surface area (Å²) in [4.78, 5) is 30.2. The molecule has 0 bridgehead atoms. The van der Waals surface area contributed by atoms with Crippen LogP contribution in [0.2, 0.25) is 0 Å². The average Bonchev–Trinajstić information content (AvgIpc) is 2.78. The van der Waals surface area contributed by atoms with E-state index in [4.69, 9.17) is 11.6 Å². The van der Waals surface area contributed by atoms with Crippen LogP contribution in [0.4, 0.5) is 10.1 Å². The number of anilines is 1. The molecule has 3 rings (SSSR count). The van der Waals surface area contributed by atoms with Crippen molar-refractivity contribution in [2.24, 2.45) is 0 Å². The van der Waals surface area contributed by atoms with Crippen LogP contribution in [-0.4, -0.2) is 54.3 Å². The van der Waals surface area contributed by atoms with E-state index in [0.717, 1.165) is 24.5 Å². The fraction of sp³-hybridized carbons (Fsp3) is 0.375. The van der Waals surface area contributed by atoms with Gasteiger partial charge in [-0.05, 0) is 30.8 Å². The number of amides is 2. The predicted molar refractivity (Wildman–Crippen MR) is 85.5 cm³/mol. The number of piperazine rings is 1. The average molecular weight is 338 g/mol. The van der Waals surface area contributed by atoms with Gasteiger partial charge in [0.25, 0.3) is 11.8 Å². The highest BCUT2D eigenvalue weighted by atomic mass is 35.5. The van der Waals surface area contributed by atoms with Crippen molar-refractivity contribution in [3.05, 3.63) is 40.8 Å². The minimum atomic E-state index is -0.559. The minimum Gasteiger partial charge on any atom is -0.363 e. The van der Waals surface area contributed by atoms with Gasteiger partial charge >= 0.3 is 0 Å². The molecule has 0 N–H and O–H groups in total. The Bertz CT molecular complexity index is 666. The third-order valence-corrected chi connectivity index (χ3v) is 4.57. The van der Waals surface area contributed by atoms with Gasteiger partial charge in [-0.15, -0.1) is 0 Å². The van der Waals surface area contributed by atoms with E-state index in [1.54, 1.807) is 0 Å². The first-order valence-corrected chi connectivity index (χ1v) is 7.92. The summed E-state index contributed by atoms with van der Waals surface area (Å²) in [6.07, 6.45) is 0. The molecule has 2 aliphatic rings. The number of carbonyl (C=O) groups is 2. The Labute approximate surface area is 138 Å². The Balaban J connectivity index is 1.84. The Hall–Kier alpha value is -1.92. The van der Waals surface area contributed by atoms with Crippen LogP contribution in [-0.2, 0) is 9.59 Å². The van der Waals surface area contributed by atoms with Crippen LogP contribution in [0.25, 0.3) is 0 Å². The number of benzene rings is 1. The summed E-state index contributed by atoms with van der Waals surface area (Å²) in [6, 6.07) is 5.21. The first-order valence-electron chi connectivity index (χ1n) is 7.54. The Morgan fingerprint density at radius 1 is 1.04 bits per heavy atom. The highest BCUT2D eigenvalue weighted by molar-refractivity contribution is 6.52. The second-order valence-corrected chi connectivity index (χ2v) is 5.88. The van der Waals surface area contributed by atoms with Gasteiger partial charge in [-0.3, -0.25) is 9.59 Å². The maximum atomic E-state index is 13.0. The molecule has 2 heterocycles. The highest BCUT2D eigenvalue weighted by Gasteiger charge is 2.41. The fourth-order valence-electron chi connectivity index (χ4n) is 2.88. The summed E-state index contributed by atoms with van der Waals surface area (Å²) >= 11 is 6.14. The van der Waals surface area contributed by atoms with Crippen molar-refractivity contribution in [1.82, 2.24) is 9.80 Å². The number of nitrogens with zero attached hydrogens (tertiary/aromatic N) is 3. The number of hydrogen-bond acceptors (Lipinski definition) is 4. The van der Waals surface area contributed by atoms with Crippen molar-refractivity contribution in [3.8, 4) is 0 Å².